The van der Waals surface area contributed by atoms with Crippen molar-refractivity contribution < 1.29 is 0 Å². The molecule has 17 heavy (non-hydrogen) atoms. The fourth-order valence-corrected chi connectivity index (χ4v) is 1.94. The third kappa shape index (κ3) is 2.28. The first kappa shape index (κ1) is 12.0. The lowest BCUT2D eigenvalue weighted by molar-refractivity contribution is 0.535. The van der Waals surface area contributed by atoms with Gasteiger partial charge in [0, 0.05) is 12.7 Å². The molecule has 2 aromatic rings. The van der Waals surface area contributed by atoms with Crippen LogP contribution < -0.4 is 11.3 Å². The van der Waals surface area contributed by atoms with Gasteiger partial charge in [0.15, 0.2) is 0 Å². The molecule has 0 fully saturated rings. The van der Waals surface area contributed by atoms with Crippen molar-refractivity contribution in [2.75, 3.05) is 0 Å². The highest BCUT2D eigenvalue weighted by Crippen LogP contribution is 2.26. The molecule has 0 aromatic carbocycles. The van der Waals surface area contributed by atoms with Crippen molar-refractivity contribution in [2.45, 2.75) is 19.5 Å². The number of aromatic nitrogens is 4. The molecule has 2 rings (SSSR count). The van der Waals surface area contributed by atoms with Gasteiger partial charge in [0.1, 0.15) is 12.4 Å². The molecule has 90 valence electrons. The topological polar surface area (TPSA) is 81.7 Å². The van der Waals surface area contributed by atoms with Crippen molar-refractivity contribution in [1.82, 2.24) is 25.2 Å². The maximum atomic E-state index is 6.12. The summed E-state index contributed by atoms with van der Waals surface area (Å²) >= 11 is 6.12. The summed E-state index contributed by atoms with van der Waals surface area (Å²) < 4.78 is 1.79. The van der Waals surface area contributed by atoms with Crippen molar-refractivity contribution in [1.29, 1.82) is 0 Å². The molecule has 0 aliphatic carbocycles. The first-order chi connectivity index (χ1) is 8.27. The third-order valence-electron chi connectivity index (χ3n) is 2.47. The Kier molecular flexibility index (Phi) is 3.68. The molecular weight excluding hydrogens is 240 g/mol. The average Bonchev–Trinajstić information content (AvgIpc) is 2.74. The van der Waals surface area contributed by atoms with E-state index in [4.69, 9.17) is 17.4 Å². The van der Waals surface area contributed by atoms with Gasteiger partial charge in [-0.25, -0.2) is 15.4 Å². The summed E-state index contributed by atoms with van der Waals surface area (Å²) in [6.45, 7) is 2.70. The zero-order valence-electron chi connectivity index (χ0n) is 9.34. The molecule has 2 aromatic heterocycles. The predicted octanol–water partition coefficient (Wildman–Crippen LogP) is 0.899. The molecule has 0 radical (unpaired) electrons. The lowest BCUT2D eigenvalue weighted by Crippen LogP contribution is -2.31. The van der Waals surface area contributed by atoms with Crippen LogP contribution in [-0.2, 0) is 6.54 Å². The second-order valence-electron chi connectivity index (χ2n) is 3.43. The summed E-state index contributed by atoms with van der Waals surface area (Å²) in [7, 11) is 0. The van der Waals surface area contributed by atoms with Crippen molar-refractivity contribution in [3.05, 3.63) is 41.2 Å². The lowest BCUT2D eigenvalue weighted by Gasteiger charge is -2.16. The molecule has 0 amide bonds. The molecular formula is C10H13ClN6. The van der Waals surface area contributed by atoms with Gasteiger partial charge in [0.05, 0.1) is 22.6 Å². The van der Waals surface area contributed by atoms with Crippen LogP contribution in [0.5, 0.6) is 0 Å². The van der Waals surface area contributed by atoms with E-state index in [1.165, 1.54) is 6.33 Å². The van der Waals surface area contributed by atoms with Crippen LogP contribution in [0.1, 0.15) is 24.4 Å². The van der Waals surface area contributed by atoms with Crippen LogP contribution >= 0.6 is 11.6 Å². The minimum Gasteiger partial charge on any atom is -0.270 e. The van der Waals surface area contributed by atoms with E-state index < -0.39 is 0 Å². The SMILES string of the molecule is CCn1ncc(Cl)c1C(NN)c1ccncn1. The van der Waals surface area contributed by atoms with Crippen molar-refractivity contribution in [3.63, 3.8) is 0 Å². The summed E-state index contributed by atoms with van der Waals surface area (Å²) in [6.07, 6.45) is 4.74. The van der Waals surface area contributed by atoms with Crippen LogP contribution in [0, 0.1) is 0 Å². The summed E-state index contributed by atoms with van der Waals surface area (Å²) in [5.41, 5.74) is 4.25. The smallest absolute Gasteiger partial charge is 0.115 e. The maximum Gasteiger partial charge on any atom is 0.115 e. The molecule has 0 aliphatic rings. The monoisotopic (exact) mass is 252 g/mol. The van der Waals surface area contributed by atoms with Gasteiger partial charge in [-0.15, -0.1) is 0 Å². The van der Waals surface area contributed by atoms with Crippen LogP contribution in [-0.4, -0.2) is 19.7 Å². The van der Waals surface area contributed by atoms with E-state index in [-0.39, 0.29) is 6.04 Å². The van der Waals surface area contributed by atoms with E-state index in [2.05, 4.69) is 20.5 Å². The Hall–Kier alpha value is -1.50. The van der Waals surface area contributed by atoms with Gasteiger partial charge in [-0.3, -0.25) is 10.5 Å². The zero-order valence-corrected chi connectivity index (χ0v) is 10.1. The third-order valence-corrected chi connectivity index (χ3v) is 2.76. The Morgan fingerprint density at radius 3 is 3.00 bits per heavy atom. The highest BCUT2D eigenvalue weighted by atomic mass is 35.5. The van der Waals surface area contributed by atoms with E-state index in [1.54, 1.807) is 23.1 Å². The Morgan fingerprint density at radius 2 is 2.41 bits per heavy atom. The van der Waals surface area contributed by atoms with E-state index in [1.807, 2.05) is 6.92 Å². The molecule has 0 aliphatic heterocycles. The number of nitrogens with zero attached hydrogens (tertiary/aromatic N) is 4. The standard InChI is InChI=1S/C10H13ClN6/c1-2-17-10(7(11)5-15-17)9(16-12)8-3-4-13-6-14-8/h3-6,9,16H,2,12H2,1H3. The Morgan fingerprint density at radius 1 is 1.59 bits per heavy atom. The van der Waals surface area contributed by atoms with Crippen molar-refractivity contribution in [2.24, 2.45) is 5.84 Å². The average molecular weight is 253 g/mol. The number of aryl methyl sites for hydroxylation is 1. The second-order valence-corrected chi connectivity index (χ2v) is 3.83. The van der Waals surface area contributed by atoms with Gasteiger partial charge in [-0.05, 0) is 13.0 Å². The number of hydrazine groups is 1. The van der Waals surface area contributed by atoms with E-state index in [9.17, 15) is 0 Å². The number of nitrogens with one attached hydrogen (secondary N) is 1. The van der Waals surface area contributed by atoms with Gasteiger partial charge in [0.25, 0.3) is 0 Å². The fraction of sp³-hybridized carbons (Fsp3) is 0.300. The zero-order chi connectivity index (χ0) is 12.3. The summed E-state index contributed by atoms with van der Waals surface area (Å²) in [5.74, 6) is 5.58. The second kappa shape index (κ2) is 5.22. The normalized spacial score (nSPS) is 12.6. The molecule has 1 unspecified atom stereocenters. The number of halogens is 1. The molecule has 3 N–H and O–H groups in total. The van der Waals surface area contributed by atoms with Gasteiger partial charge < -0.3 is 0 Å². The fourth-order valence-electron chi connectivity index (χ4n) is 1.69. The molecule has 6 nitrogen and oxygen atoms in total. The summed E-state index contributed by atoms with van der Waals surface area (Å²) in [4.78, 5) is 8.04. The first-order valence-corrected chi connectivity index (χ1v) is 5.59. The van der Waals surface area contributed by atoms with Crippen LogP contribution in [0.25, 0.3) is 0 Å². The van der Waals surface area contributed by atoms with Gasteiger partial charge in [-0.1, -0.05) is 11.6 Å². The molecule has 1 atom stereocenters. The van der Waals surface area contributed by atoms with Crippen LogP contribution in [0.2, 0.25) is 5.02 Å². The quantitative estimate of drug-likeness (QED) is 0.624. The van der Waals surface area contributed by atoms with Crippen molar-refractivity contribution in [3.8, 4) is 0 Å². The molecule has 0 spiro atoms. The maximum absolute atomic E-state index is 6.12. The minimum absolute atomic E-state index is 0.298. The highest BCUT2D eigenvalue weighted by molar-refractivity contribution is 6.31. The van der Waals surface area contributed by atoms with E-state index >= 15 is 0 Å². The molecule has 0 saturated carbocycles. The highest BCUT2D eigenvalue weighted by Gasteiger charge is 2.21. The number of nitrogens with two attached hydrogens (primary N) is 1. The predicted molar refractivity (Wildman–Crippen MR) is 64.1 cm³/mol. The minimum atomic E-state index is -0.298. The van der Waals surface area contributed by atoms with Crippen molar-refractivity contribution >= 4 is 11.6 Å². The first-order valence-electron chi connectivity index (χ1n) is 5.21. The number of hydrogen-bond donors (Lipinski definition) is 2. The summed E-state index contributed by atoms with van der Waals surface area (Å²) in [6, 6.07) is 1.49. The molecule has 0 saturated heterocycles. The van der Waals surface area contributed by atoms with Gasteiger partial charge in [0.2, 0.25) is 0 Å². The molecule has 7 heteroatoms. The molecule has 0 bridgehead atoms. The number of hydrogen-bond acceptors (Lipinski definition) is 5. The Labute approximate surface area is 104 Å². The largest absolute Gasteiger partial charge is 0.270 e. The van der Waals surface area contributed by atoms with E-state index in [0.717, 1.165) is 11.4 Å². The lowest BCUT2D eigenvalue weighted by atomic mass is 10.1. The summed E-state index contributed by atoms with van der Waals surface area (Å²) in [5, 5.41) is 4.74. The van der Waals surface area contributed by atoms with Crippen LogP contribution in [0.4, 0.5) is 0 Å². The van der Waals surface area contributed by atoms with E-state index in [0.29, 0.717) is 11.6 Å². The Bertz CT molecular complexity index is 483. The van der Waals surface area contributed by atoms with Gasteiger partial charge in [-0.2, -0.15) is 5.10 Å². The van der Waals surface area contributed by atoms with Crippen LogP contribution in [0.3, 0.4) is 0 Å². The number of rotatable bonds is 4. The Balaban J connectivity index is 2.45. The van der Waals surface area contributed by atoms with Gasteiger partial charge >= 0.3 is 0 Å². The van der Waals surface area contributed by atoms with Crippen LogP contribution in [0.15, 0.2) is 24.8 Å². The molecule has 2 heterocycles.